The minimum Gasteiger partial charge on any atom is -0.497 e. The van der Waals surface area contributed by atoms with E-state index in [1.165, 1.54) is 11.4 Å². The third kappa shape index (κ3) is 4.43. The van der Waals surface area contributed by atoms with Gasteiger partial charge in [0.2, 0.25) is 10.0 Å². The maximum atomic E-state index is 12.8. The van der Waals surface area contributed by atoms with Crippen molar-refractivity contribution in [2.45, 2.75) is 18.4 Å². The van der Waals surface area contributed by atoms with Crippen LogP contribution < -0.4 is 14.2 Å². The molecule has 0 bridgehead atoms. The number of nitrogens with zero attached hydrogens (tertiary/aromatic N) is 1. The average Bonchev–Trinajstić information content (AvgIpc) is 2.62. The van der Waals surface area contributed by atoms with E-state index in [0.29, 0.717) is 23.9 Å². The van der Waals surface area contributed by atoms with Gasteiger partial charge in [-0.15, -0.1) is 0 Å². The Morgan fingerprint density at radius 2 is 1.60 bits per heavy atom. The molecule has 0 aliphatic heterocycles. The summed E-state index contributed by atoms with van der Waals surface area (Å²) in [6, 6.07) is 11.7. The standard InChI is InChI=1S/C18H23NO5S/c1-5-24-15-6-9-17(10-7-15)25(20,21)19(2)13-14-12-16(22-3)8-11-18(14)23-4/h6-12H,5,13H2,1-4H3. The molecule has 0 spiro atoms. The highest BCUT2D eigenvalue weighted by molar-refractivity contribution is 7.89. The van der Waals surface area contributed by atoms with Crippen LogP contribution in [0.1, 0.15) is 12.5 Å². The molecule has 0 atom stereocenters. The molecule has 7 heteroatoms. The van der Waals surface area contributed by atoms with E-state index in [-0.39, 0.29) is 11.4 Å². The van der Waals surface area contributed by atoms with Crippen molar-refractivity contribution in [1.29, 1.82) is 0 Å². The molecule has 0 unspecified atom stereocenters. The third-order valence-corrected chi connectivity index (χ3v) is 5.54. The van der Waals surface area contributed by atoms with Crippen molar-refractivity contribution >= 4 is 10.0 Å². The molecule has 0 fully saturated rings. The van der Waals surface area contributed by atoms with Gasteiger partial charge in [-0.1, -0.05) is 0 Å². The Kier molecular flexibility index (Phi) is 6.27. The lowest BCUT2D eigenvalue weighted by atomic mass is 10.2. The largest absolute Gasteiger partial charge is 0.497 e. The molecule has 2 aromatic rings. The van der Waals surface area contributed by atoms with Crippen molar-refractivity contribution in [3.8, 4) is 17.2 Å². The Balaban J connectivity index is 2.25. The molecule has 0 N–H and O–H groups in total. The summed E-state index contributed by atoms with van der Waals surface area (Å²) in [4.78, 5) is 0.209. The van der Waals surface area contributed by atoms with Gasteiger partial charge < -0.3 is 14.2 Å². The van der Waals surface area contributed by atoms with E-state index in [0.717, 1.165) is 5.56 Å². The first-order valence-corrected chi connectivity index (χ1v) is 9.26. The summed E-state index contributed by atoms with van der Waals surface area (Å²) in [6.45, 7) is 2.57. The minimum atomic E-state index is -3.63. The first-order valence-electron chi connectivity index (χ1n) is 7.82. The van der Waals surface area contributed by atoms with E-state index in [4.69, 9.17) is 14.2 Å². The van der Waals surface area contributed by atoms with Crippen molar-refractivity contribution in [1.82, 2.24) is 4.31 Å². The van der Waals surface area contributed by atoms with Crippen LogP contribution in [0.4, 0.5) is 0 Å². The van der Waals surface area contributed by atoms with Crippen LogP contribution >= 0.6 is 0 Å². The molecule has 6 nitrogen and oxygen atoms in total. The van der Waals surface area contributed by atoms with Gasteiger partial charge in [-0.3, -0.25) is 0 Å². The molecule has 0 amide bonds. The average molecular weight is 365 g/mol. The molecular weight excluding hydrogens is 342 g/mol. The van der Waals surface area contributed by atoms with Crippen LogP contribution in [0.25, 0.3) is 0 Å². The lowest BCUT2D eigenvalue weighted by Gasteiger charge is -2.19. The lowest BCUT2D eigenvalue weighted by Crippen LogP contribution is -2.26. The van der Waals surface area contributed by atoms with E-state index in [2.05, 4.69) is 0 Å². The van der Waals surface area contributed by atoms with Crippen LogP contribution in [0, 0.1) is 0 Å². The lowest BCUT2D eigenvalue weighted by molar-refractivity contribution is 0.340. The SMILES string of the molecule is CCOc1ccc(S(=O)(=O)N(C)Cc2cc(OC)ccc2OC)cc1. The van der Waals surface area contributed by atoms with Crippen LogP contribution in [0.15, 0.2) is 47.4 Å². The van der Waals surface area contributed by atoms with E-state index in [1.54, 1.807) is 56.7 Å². The quantitative estimate of drug-likeness (QED) is 0.720. The zero-order chi connectivity index (χ0) is 18.4. The van der Waals surface area contributed by atoms with E-state index in [1.807, 2.05) is 6.92 Å². The predicted octanol–water partition coefficient (Wildman–Crippen LogP) is 2.92. The molecule has 0 saturated heterocycles. The fourth-order valence-electron chi connectivity index (χ4n) is 2.38. The number of sulfonamides is 1. The number of hydrogen-bond donors (Lipinski definition) is 0. The third-order valence-electron chi connectivity index (χ3n) is 3.72. The first kappa shape index (κ1) is 19.1. The molecule has 2 aromatic carbocycles. The van der Waals surface area contributed by atoms with Gasteiger partial charge in [-0.25, -0.2) is 8.42 Å². The highest BCUT2D eigenvalue weighted by Gasteiger charge is 2.22. The minimum absolute atomic E-state index is 0.163. The van der Waals surface area contributed by atoms with Gasteiger partial charge in [0.1, 0.15) is 17.2 Å². The smallest absolute Gasteiger partial charge is 0.243 e. The number of rotatable bonds is 8. The van der Waals surface area contributed by atoms with Gasteiger partial charge in [0, 0.05) is 19.2 Å². The summed E-state index contributed by atoms with van der Waals surface area (Å²) < 4.78 is 42.7. The summed E-state index contributed by atoms with van der Waals surface area (Å²) in [5.41, 5.74) is 0.721. The number of methoxy groups -OCH3 is 2. The fourth-order valence-corrected chi connectivity index (χ4v) is 3.53. The summed E-state index contributed by atoms with van der Waals surface area (Å²) in [6.07, 6.45) is 0. The Morgan fingerprint density at radius 3 is 2.16 bits per heavy atom. The topological polar surface area (TPSA) is 65.1 Å². The summed E-state index contributed by atoms with van der Waals surface area (Å²) in [5, 5.41) is 0. The molecular formula is C18H23NO5S. The second kappa shape index (κ2) is 8.22. The van der Waals surface area contributed by atoms with Gasteiger partial charge in [-0.05, 0) is 49.4 Å². The molecule has 25 heavy (non-hydrogen) atoms. The predicted molar refractivity (Wildman–Crippen MR) is 95.8 cm³/mol. The molecule has 0 aliphatic rings. The molecule has 0 aliphatic carbocycles. The Morgan fingerprint density at radius 1 is 0.960 bits per heavy atom. The summed E-state index contributed by atoms with van der Waals surface area (Å²) in [5.74, 6) is 1.88. The Labute approximate surface area is 149 Å². The van der Waals surface area contributed by atoms with Crippen LogP contribution in [0.3, 0.4) is 0 Å². The van der Waals surface area contributed by atoms with Crippen LogP contribution in [0.2, 0.25) is 0 Å². The fraction of sp³-hybridized carbons (Fsp3) is 0.333. The number of ether oxygens (including phenoxy) is 3. The highest BCUT2D eigenvalue weighted by atomic mass is 32.2. The van der Waals surface area contributed by atoms with Gasteiger partial charge >= 0.3 is 0 Å². The summed E-state index contributed by atoms with van der Waals surface area (Å²) in [7, 11) is 1.01. The monoisotopic (exact) mass is 365 g/mol. The van der Waals surface area contributed by atoms with Crippen LogP contribution in [-0.2, 0) is 16.6 Å². The molecule has 0 aromatic heterocycles. The van der Waals surface area contributed by atoms with Crippen molar-refractivity contribution in [2.75, 3.05) is 27.9 Å². The molecule has 0 heterocycles. The van der Waals surface area contributed by atoms with Crippen molar-refractivity contribution in [3.63, 3.8) is 0 Å². The van der Waals surface area contributed by atoms with E-state index >= 15 is 0 Å². The first-order chi connectivity index (χ1) is 11.9. The Bertz CT molecular complexity index is 803. The number of benzene rings is 2. The zero-order valence-electron chi connectivity index (χ0n) is 14.9. The molecule has 0 saturated carbocycles. The zero-order valence-corrected chi connectivity index (χ0v) is 15.7. The molecule has 0 radical (unpaired) electrons. The van der Waals surface area contributed by atoms with E-state index < -0.39 is 10.0 Å². The van der Waals surface area contributed by atoms with Crippen molar-refractivity contribution in [3.05, 3.63) is 48.0 Å². The van der Waals surface area contributed by atoms with Crippen molar-refractivity contribution in [2.24, 2.45) is 0 Å². The van der Waals surface area contributed by atoms with Gasteiger partial charge in [0.05, 0.1) is 25.7 Å². The van der Waals surface area contributed by atoms with E-state index in [9.17, 15) is 8.42 Å². The molecule has 2 rings (SSSR count). The van der Waals surface area contributed by atoms with Gasteiger partial charge in [0.25, 0.3) is 0 Å². The van der Waals surface area contributed by atoms with Gasteiger partial charge in [-0.2, -0.15) is 4.31 Å². The van der Waals surface area contributed by atoms with Crippen molar-refractivity contribution < 1.29 is 22.6 Å². The highest BCUT2D eigenvalue weighted by Crippen LogP contribution is 2.27. The second-order valence-corrected chi connectivity index (χ2v) is 7.39. The maximum Gasteiger partial charge on any atom is 0.243 e. The Hall–Kier alpha value is -2.25. The van der Waals surface area contributed by atoms with Crippen LogP contribution in [-0.4, -0.2) is 40.6 Å². The van der Waals surface area contributed by atoms with Gasteiger partial charge in [0.15, 0.2) is 0 Å². The maximum absolute atomic E-state index is 12.8. The summed E-state index contributed by atoms with van der Waals surface area (Å²) >= 11 is 0. The second-order valence-electron chi connectivity index (χ2n) is 5.34. The normalized spacial score (nSPS) is 11.4. The molecule has 136 valence electrons. The number of hydrogen-bond acceptors (Lipinski definition) is 5. The van der Waals surface area contributed by atoms with Crippen LogP contribution in [0.5, 0.6) is 17.2 Å².